The highest BCUT2D eigenvalue weighted by molar-refractivity contribution is 5.40. The normalized spacial score (nSPS) is 18.9. The Kier molecular flexibility index (Phi) is 3.42. The number of rotatable bonds is 4. The van der Waals surface area contributed by atoms with Gasteiger partial charge in [-0.2, -0.15) is 0 Å². The van der Waals surface area contributed by atoms with Crippen molar-refractivity contribution in [1.82, 2.24) is 0 Å². The summed E-state index contributed by atoms with van der Waals surface area (Å²) >= 11 is 0. The van der Waals surface area contributed by atoms with Crippen LogP contribution in [0, 0.1) is 0 Å². The zero-order valence-corrected chi connectivity index (χ0v) is 8.52. The van der Waals surface area contributed by atoms with Crippen molar-refractivity contribution in [2.45, 2.75) is 6.10 Å². The molecule has 4 nitrogen and oxygen atoms in total. The molecule has 1 aromatic rings. The van der Waals surface area contributed by atoms with Gasteiger partial charge in [-0.3, -0.25) is 0 Å². The maximum absolute atomic E-state index is 5.69. The van der Waals surface area contributed by atoms with Gasteiger partial charge in [-0.1, -0.05) is 12.1 Å². The average molecular weight is 209 g/mol. The number of ether oxygens (including phenoxy) is 3. The molecule has 1 unspecified atom stereocenters. The molecular formula is C11H15NO3. The molecule has 0 saturated heterocycles. The van der Waals surface area contributed by atoms with E-state index in [1.807, 2.05) is 24.3 Å². The van der Waals surface area contributed by atoms with Crippen LogP contribution in [0.25, 0.3) is 0 Å². The minimum absolute atomic E-state index is 0.0357. The molecular weight excluding hydrogens is 194 g/mol. The third-order valence-electron chi connectivity index (χ3n) is 2.13. The van der Waals surface area contributed by atoms with Crippen LogP contribution < -0.4 is 15.2 Å². The van der Waals surface area contributed by atoms with E-state index < -0.39 is 0 Å². The second-order valence-electron chi connectivity index (χ2n) is 3.36. The molecule has 1 aliphatic heterocycles. The van der Waals surface area contributed by atoms with Crippen LogP contribution in [0.2, 0.25) is 0 Å². The first-order valence-electron chi connectivity index (χ1n) is 5.06. The lowest BCUT2D eigenvalue weighted by atomic mass is 10.3. The summed E-state index contributed by atoms with van der Waals surface area (Å²) < 4.78 is 16.5. The van der Waals surface area contributed by atoms with E-state index in [-0.39, 0.29) is 6.10 Å². The quantitative estimate of drug-likeness (QED) is 0.745. The number of hydrogen-bond acceptors (Lipinski definition) is 4. The monoisotopic (exact) mass is 209 g/mol. The summed E-state index contributed by atoms with van der Waals surface area (Å²) in [6.45, 7) is 2.14. The molecule has 0 aliphatic carbocycles. The third-order valence-corrected chi connectivity index (χ3v) is 2.13. The van der Waals surface area contributed by atoms with Crippen molar-refractivity contribution < 1.29 is 14.2 Å². The molecule has 0 radical (unpaired) electrons. The first-order chi connectivity index (χ1) is 7.40. The molecule has 0 amide bonds. The van der Waals surface area contributed by atoms with E-state index in [0.717, 1.165) is 11.5 Å². The molecule has 0 saturated carbocycles. The summed E-state index contributed by atoms with van der Waals surface area (Å²) in [5.74, 6) is 1.58. The lowest BCUT2D eigenvalue weighted by Gasteiger charge is -2.26. The van der Waals surface area contributed by atoms with Crippen LogP contribution >= 0.6 is 0 Å². The largest absolute Gasteiger partial charge is 0.486 e. The Morgan fingerprint density at radius 1 is 1.33 bits per heavy atom. The maximum Gasteiger partial charge on any atom is 0.161 e. The van der Waals surface area contributed by atoms with Gasteiger partial charge >= 0.3 is 0 Å². The molecule has 0 aromatic heterocycles. The van der Waals surface area contributed by atoms with E-state index in [4.69, 9.17) is 19.9 Å². The Bertz CT molecular complexity index is 316. The van der Waals surface area contributed by atoms with Crippen LogP contribution in [-0.2, 0) is 4.74 Å². The van der Waals surface area contributed by atoms with E-state index in [1.54, 1.807) is 0 Å². The Balaban J connectivity index is 1.88. The fraction of sp³-hybridized carbons (Fsp3) is 0.455. The van der Waals surface area contributed by atoms with Gasteiger partial charge in [0.25, 0.3) is 0 Å². The van der Waals surface area contributed by atoms with E-state index in [1.165, 1.54) is 0 Å². The summed E-state index contributed by atoms with van der Waals surface area (Å²) in [5, 5.41) is 0. The predicted octanol–water partition coefficient (Wildman–Crippen LogP) is 0.802. The SMILES string of the molecule is NCCOCC1COc2ccccc2O1. The lowest BCUT2D eigenvalue weighted by Crippen LogP contribution is -2.33. The van der Waals surface area contributed by atoms with Gasteiger partial charge in [-0.25, -0.2) is 0 Å². The van der Waals surface area contributed by atoms with Gasteiger partial charge in [0.2, 0.25) is 0 Å². The molecule has 15 heavy (non-hydrogen) atoms. The topological polar surface area (TPSA) is 53.7 Å². The number of benzene rings is 1. The van der Waals surface area contributed by atoms with Crippen molar-refractivity contribution >= 4 is 0 Å². The Morgan fingerprint density at radius 2 is 2.13 bits per heavy atom. The van der Waals surface area contributed by atoms with Gasteiger partial charge in [0.05, 0.1) is 13.2 Å². The van der Waals surface area contributed by atoms with Crippen molar-refractivity contribution in [1.29, 1.82) is 0 Å². The van der Waals surface area contributed by atoms with Gasteiger partial charge < -0.3 is 19.9 Å². The van der Waals surface area contributed by atoms with Crippen molar-refractivity contribution in [2.75, 3.05) is 26.4 Å². The molecule has 2 rings (SSSR count). The van der Waals surface area contributed by atoms with Gasteiger partial charge in [0, 0.05) is 6.54 Å². The third kappa shape index (κ3) is 2.61. The molecule has 1 aliphatic rings. The van der Waals surface area contributed by atoms with Gasteiger partial charge in [-0.15, -0.1) is 0 Å². The van der Waals surface area contributed by atoms with Crippen LogP contribution in [0.5, 0.6) is 11.5 Å². The summed E-state index contributed by atoms with van der Waals surface area (Å²) in [6, 6.07) is 7.63. The fourth-order valence-corrected chi connectivity index (χ4v) is 1.44. The highest BCUT2D eigenvalue weighted by Crippen LogP contribution is 2.30. The van der Waals surface area contributed by atoms with Crippen molar-refractivity contribution in [3.8, 4) is 11.5 Å². The zero-order chi connectivity index (χ0) is 10.5. The molecule has 0 bridgehead atoms. The van der Waals surface area contributed by atoms with E-state index >= 15 is 0 Å². The summed E-state index contributed by atoms with van der Waals surface area (Å²) in [4.78, 5) is 0. The van der Waals surface area contributed by atoms with E-state index in [0.29, 0.717) is 26.4 Å². The van der Waals surface area contributed by atoms with E-state index in [9.17, 15) is 0 Å². The zero-order valence-electron chi connectivity index (χ0n) is 8.52. The Morgan fingerprint density at radius 3 is 2.93 bits per heavy atom. The predicted molar refractivity (Wildman–Crippen MR) is 56.2 cm³/mol. The van der Waals surface area contributed by atoms with Crippen molar-refractivity contribution in [2.24, 2.45) is 5.73 Å². The molecule has 1 heterocycles. The number of fused-ring (bicyclic) bond motifs is 1. The first-order valence-corrected chi connectivity index (χ1v) is 5.06. The standard InChI is InChI=1S/C11H15NO3/c12-5-6-13-7-9-8-14-10-3-1-2-4-11(10)15-9/h1-4,9H,5-8,12H2. The summed E-state index contributed by atoms with van der Waals surface area (Å²) in [5.41, 5.74) is 5.32. The molecule has 1 aromatic carbocycles. The second-order valence-corrected chi connectivity index (χ2v) is 3.36. The fourth-order valence-electron chi connectivity index (χ4n) is 1.44. The maximum atomic E-state index is 5.69. The molecule has 0 fully saturated rings. The van der Waals surface area contributed by atoms with Gasteiger partial charge in [0.15, 0.2) is 17.6 Å². The van der Waals surface area contributed by atoms with Crippen LogP contribution in [0.3, 0.4) is 0 Å². The summed E-state index contributed by atoms with van der Waals surface area (Å²) in [7, 11) is 0. The molecule has 1 atom stereocenters. The number of para-hydroxylation sites is 2. The molecule has 2 N–H and O–H groups in total. The van der Waals surface area contributed by atoms with Crippen molar-refractivity contribution in [3.63, 3.8) is 0 Å². The second kappa shape index (κ2) is 5.00. The molecule has 0 spiro atoms. The average Bonchev–Trinajstić information content (AvgIpc) is 2.29. The van der Waals surface area contributed by atoms with Crippen LogP contribution in [0.4, 0.5) is 0 Å². The Hall–Kier alpha value is -1.26. The number of nitrogens with two attached hydrogens (primary N) is 1. The molecule has 4 heteroatoms. The number of hydrogen-bond donors (Lipinski definition) is 1. The molecule has 82 valence electrons. The van der Waals surface area contributed by atoms with Crippen LogP contribution in [0.1, 0.15) is 0 Å². The highest BCUT2D eigenvalue weighted by Gasteiger charge is 2.20. The van der Waals surface area contributed by atoms with Gasteiger partial charge in [-0.05, 0) is 12.1 Å². The summed E-state index contributed by atoms with van der Waals surface area (Å²) in [6.07, 6.45) is -0.0357. The smallest absolute Gasteiger partial charge is 0.161 e. The van der Waals surface area contributed by atoms with Crippen LogP contribution in [0.15, 0.2) is 24.3 Å². The van der Waals surface area contributed by atoms with Crippen LogP contribution in [-0.4, -0.2) is 32.5 Å². The minimum Gasteiger partial charge on any atom is -0.486 e. The lowest BCUT2D eigenvalue weighted by molar-refractivity contribution is 0.0112. The van der Waals surface area contributed by atoms with Crippen molar-refractivity contribution in [3.05, 3.63) is 24.3 Å². The minimum atomic E-state index is -0.0357. The van der Waals surface area contributed by atoms with E-state index in [2.05, 4.69) is 0 Å². The van der Waals surface area contributed by atoms with Gasteiger partial charge in [0.1, 0.15) is 6.61 Å². The first kappa shape index (κ1) is 10.3. The Labute approximate surface area is 88.9 Å². The highest BCUT2D eigenvalue weighted by atomic mass is 16.6.